The van der Waals surface area contributed by atoms with Crippen molar-refractivity contribution in [2.24, 2.45) is 0 Å². The number of hydrogen-bond acceptors (Lipinski definition) is 6. The fourth-order valence-electron chi connectivity index (χ4n) is 3.92. The number of fused-ring (bicyclic) bond motifs is 1. The van der Waals surface area contributed by atoms with Gasteiger partial charge in [0.15, 0.2) is 11.5 Å². The summed E-state index contributed by atoms with van der Waals surface area (Å²) in [6.07, 6.45) is 4.69. The molecular weight excluding hydrogens is 432 g/mol. The van der Waals surface area contributed by atoms with Crippen LogP contribution in [0.5, 0.6) is 11.5 Å². The van der Waals surface area contributed by atoms with Crippen LogP contribution < -0.4 is 19.5 Å². The Labute approximate surface area is 187 Å². The highest BCUT2D eigenvalue weighted by Gasteiger charge is 2.35. The summed E-state index contributed by atoms with van der Waals surface area (Å²) < 4.78 is 42.4. The van der Waals surface area contributed by atoms with Gasteiger partial charge in [0.1, 0.15) is 0 Å². The van der Waals surface area contributed by atoms with Gasteiger partial charge < -0.3 is 19.5 Å². The first-order chi connectivity index (χ1) is 15.4. The molecule has 0 aromatic heterocycles. The largest absolute Gasteiger partial charge is 0.454 e. The lowest BCUT2D eigenvalue weighted by atomic mass is 9.74. The molecule has 1 saturated heterocycles. The molecule has 2 aliphatic heterocycles. The predicted molar refractivity (Wildman–Crippen MR) is 119 cm³/mol. The Hall–Kier alpha value is -2.88. The van der Waals surface area contributed by atoms with Gasteiger partial charge in [0.05, 0.1) is 4.90 Å². The van der Waals surface area contributed by atoms with E-state index in [1.807, 2.05) is 18.2 Å². The summed E-state index contributed by atoms with van der Waals surface area (Å²) in [7, 11) is -2.12. The van der Waals surface area contributed by atoms with E-state index in [4.69, 9.17) is 14.2 Å². The number of amides is 1. The van der Waals surface area contributed by atoms with E-state index in [-0.39, 0.29) is 23.0 Å². The molecule has 0 spiro atoms. The van der Waals surface area contributed by atoms with Crippen LogP contribution >= 0.6 is 0 Å². The summed E-state index contributed by atoms with van der Waals surface area (Å²) in [5.74, 6) is 1.24. The summed E-state index contributed by atoms with van der Waals surface area (Å²) in [4.78, 5) is 12.7. The molecule has 0 bridgehead atoms. The summed E-state index contributed by atoms with van der Waals surface area (Å²) >= 11 is 0. The van der Waals surface area contributed by atoms with Crippen molar-refractivity contribution in [1.82, 2.24) is 10.0 Å². The molecule has 0 aliphatic carbocycles. The molecular formula is C23H26N2O6S. The highest BCUT2D eigenvalue weighted by molar-refractivity contribution is 7.89. The lowest BCUT2D eigenvalue weighted by Crippen LogP contribution is -2.44. The Bertz CT molecular complexity index is 1110. The molecule has 0 atom stereocenters. The Kier molecular flexibility index (Phi) is 6.50. The second kappa shape index (κ2) is 9.32. The molecule has 2 N–H and O–H groups in total. The van der Waals surface area contributed by atoms with Crippen LogP contribution in [0.15, 0.2) is 53.4 Å². The SMILES string of the molecule is CNS(=O)(=O)c1ccc(/C=C/C(=O)NCC2(c3ccc4c(c3)OCO4)CCOCC2)cc1. The maximum absolute atomic E-state index is 12.5. The van der Waals surface area contributed by atoms with Gasteiger partial charge in [-0.3, -0.25) is 4.79 Å². The van der Waals surface area contributed by atoms with Crippen LogP contribution in [0.2, 0.25) is 0 Å². The minimum atomic E-state index is -3.48. The van der Waals surface area contributed by atoms with E-state index in [9.17, 15) is 13.2 Å². The number of ether oxygens (including phenoxy) is 3. The number of benzene rings is 2. The molecule has 2 aromatic carbocycles. The number of rotatable bonds is 7. The maximum Gasteiger partial charge on any atom is 0.244 e. The molecule has 8 nitrogen and oxygen atoms in total. The third kappa shape index (κ3) is 4.79. The van der Waals surface area contributed by atoms with E-state index < -0.39 is 10.0 Å². The molecule has 1 fully saturated rings. The van der Waals surface area contributed by atoms with Crippen LogP contribution in [0, 0.1) is 0 Å². The Morgan fingerprint density at radius 3 is 2.50 bits per heavy atom. The first kappa shape index (κ1) is 22.3. The van der Waals surface area contributed by atoms with Gasteiger partial charge in [0, 0.05) is 31.2 Å². The number of carbonyl (C=O) groups excluding carboxylic acids is 1. The fraction of sp³-hybridized carbons (Fsp3) is 0.348. The highest BCUT2D eigenvalue weighted by atomic mass is 32.2. The van der Waals surface area contributed by atoms with E-state index in [0.29, 0.717) is 19.8 Å². The third-order valence-electron chi connectivity index (χ3n) is 5.92. The standard InChI is InChI=1S/C23H26N2O6S/c1-24-32(27,28)19-6-2-17(3-7-19)4-9-22(26)25-15-23(10-12-29-13-11-23)18-5-8-20-21(14-18)31-16-30-20/h2-9,14,24H,10-13,15-16H2,1H3,(H,25,26)/b9-4+. The minimum absolute atomic E-state index is 0.173. The quantitative estimate of drug-likeness (QED) is 0.617. The lowest BCUT2D eigenvalue weighted by Gasteiger charge is -2.38. The maximum atomic E-state index is 12.5. The second-order valence-corrected chi connectivity index (χ2v) is 9.68. The van der Waals surface area contributed by atoms with Crippen LogP contribution in [0.1, 0.15) is 24.0 Å². The topological polar surface area (TPSA) is 103 Å². The average molecular weight is 459 g/mol. The van der Waals surface area contributed by atoms with Gasteiger partial charge in [-0.2, -0.15) is 0 Å². The van der Waals surface area contributed by atoms with Crippen molar-refractivity contribution in [2.75, 3.05) is 33.6 Å². The molecule has 2 aromatic rings. The van der Waals surface area contributed by atoms with Crippen LogP contribution in [-0.2, 0) is 25.0 Å². The first-order valence-electron chi connectivity index (χ1n) is 10.4. The van der Waals surface area contributed by atoms with Crippen molar-refractivity contribution in [3.63, 3.8) is 0 Å². The van der Waals surface area contributed by atoms with Gasteiger partial charge in [-0.25, -0.2) is 13.1 Å². The summed E-state index contributed by atoms with van der Waals surface area (Å²) in [6.45, 7) is 1.95. The number of nitrogens with one attached hydrogen (secondary N) is 2. The molecule has 1 amide bonds. The Morgan fingerprint density at radius 1 is 1.06 bits per heavy atom. The Balaban J connectivity index is 1.43. The monoisotopic (exact) mass is 458 g/mol. The van der Waals surface area contributed by atoms with Crippen molar-refractivity contribution in [2.45, 2.75) is 23.2 Å². The van der Waals surface area contributed by atoms with Gasteiger partial charge in [-0.15, -0.1) is 0 Å². The van der Waals surface area contributed by atoms with E-state index in [0.717, 1.165) is 35.5 Å². The molecule has 9 heteroatoms. The van der Waals surface area contributed by atoms with Gasteiger partial charge in [0.2, 0.25) is 22.7 Å². The van der Waals surface area contributed by atoms with E-state index in [1.165, 1.54) is 25.3 Å². The zero-order valence-electron chi connectivity index (χ0n) is 17.8. The fourth-order valence-corrected chi connectivity index (χ4v) is 4.65. The first-order valence-corrected chi connectivity index (χ1v) is 11.9. The van der Waals surface area contributed by atoms with Crippen LogP contribution in [0.25, 0.3) is 6.08 Å². The summed E-state index contributed by atoms with van der Waals surface area (Å²) in [5, 5.41) is 3.02. The van der Waals surface area contributed by atoms with Gasteiger partial charge in [-0.1, -0.05) is 18.2 Å². The van der Waals surface area contributed by atoms with Gasteiger partial charge in [-0.05, 0) is 61.4 Å². The molecule has 2 heterocycles. The molecule has 32 heavy (non-hydrogen) atoms. The van der Waals surface area contributed by atoms with Crippen molar-refractivity contribution in [1.29, 1.82) is 0 Å². The predicted octanol–water partition coefficient (Wildman–Crippen LogP) is 2.20. The molecule has 170 valence electrons. The number of sulfonamides is 1. The van der Waals surface area contributed by atoms with Crippen molar-refractivity contribution >= 4 is 22.0 Å². The molecule has 4 rings (SSSR count). The van der Waals surface area contributed by atoms with Crippen molar-refractivity contribution in [3.8, 4) is 11.5 Å². The molecule has 0 saturated carbocycles. The lowest BCUT2D eigenvalue weighted by molar-refractivity contribution is -0.116. The van der Waals surface area contributed by atoms with Gasteiger partial charge >= 0.3 is 0 Å². The molecule has 0 unspecified atom stereocenters. The molecule has 2 aliphatic rings. The Morgan fingerprint density at radius 2 is 1.78 bits per heavy atom. The molecule has 0 radical (unpaired) electrons. The summed E-state index contributed by atoms with van der Waals surface area (Å²) in [6, 6.07) is 12.2. The van der Waals surface area contributed by atoms with Gasteiger partial charge in [0.25, 0.3) is 0 Å². The minimum Gasteiger partial charge on any atom is -0.454 e. The van der Waals surface area contributed by atoms with Crippen LogP contribution in [0.3, 0.4) is 0 Å². The highest BCUT2D eigenvalue weighted by Crippen LogP contribution is 2.40. The summed E-state index contributed by atoms with van der Waals surface area (Å²) in [5.41, 5.74) is 1.58. The zero-order valence-corrected chi connectivity index (χ0v) is 18.6. The van der Waals surface area contributed by atoms with Crippen LogP contribution in [0.4, 0.5) is 0 Å². The van der Waals surface area contributed by atoms with Crippen molar-refractivity contribution in [3.05, 3.63) is 59.7 Å². The smallest absolute Gasteiger partial charge is 0.244 e. The third-order valence-corrected chi connectivity index (χ3v) is 7.35. The van der Waals surface area contributed by atoms with E-state index >= 15 is 0 Å². The van der Waals surface area contributed by atoms with E-state index in [2.05, 4.69) is 10.0 Å². The average Bonchev–Trinajstić information content (AvgIpc) is 3.30. The normalized spacial score (nSPS) is 17.4. The van der Waals surface area contributed by atoms with Crippen LogP contribution in [-0.4, -0.2) is 47.9 Å². The zero-order chi connectivity index (χ0) is 22.6. The number of hydrogen-bond donors (Lipinski definition) is 2. The van der Waals surface area contributed by atoms with E-state index in [1.54, 1.807) is 18.2 Å². The van der Waals surface area contributed by atoms with Crippen molar-refractivity contribution < 1.29 is 27.4 Å². The second-order valence-electron chi connectivity index (χ2n) is 7.79. The number of carbonyl (C=O) groups is 1.